The van der Waals surface area contributed by atoms with Crippen molar-refractivity contribution < 1.29 is 34.3 Å². The van der Waals surface area contributed by atoms with Gasteiger partial charge in [-0.3, -0.25) is 0 Å². The Bertz CT molecular complexity index is 800. The smallest absolute Gasteiger partial charge is 0.407 e. The summed E-state index contributed by atoms with van der Waals surface area (Å²) in [5, 5.41) is 33.4. The summed E-state index contributed by atoms with van der Waals surface area (Å²) in [6.07, 6.45) is -4.19. The summed E-state index contributed by atoms with van der Waals surface area (Å²) in [6, 6.07) is 17.3. The third-order valence-electron chi connectivity index (χ3n) is 4.96. The first-order valence-corrected chi connectivity index (χ1v) is 9.72. The Hall–Kier alpha value is -2.49. The minimum Gasteiger partial charge on any atom is -0.445 e. The number of benzene rings is 2. The Kier molecular flexibility index (Phi) is 7.41. The molecule has 162 valence electrons. The lowest BCUT2D eigenvalue weighted by Gasteiger charge is -2.47. The van der Waals surface area contributed by atoms with Gasteiger partial charge in [-0.1, -0.05) is 60.7 Å². The van der Waals surface area contributed by atoms with Gasteiger partial charge in [-0.15, -0.1) is 0 Å². The number of amides is 1. The lowest BCUT2D eigenvalue weighted by molar-refractivity contribution is -0.316. The van der Waals surface area contributed by atoms with Crippen LogP contribution in [0, 0.1) is 0 Å². The summed E-state index contributed by atoms with van der Waals surface area (Å²) < 4.78 is 16.5. The molecule has 8 heteroatoms. The zero-order chi connectivity index (χ0) is 21.6. The molecule has 8 nitrogen and oxygen atoms in total. The maximum absolute atomic E-state index is 12.4. The molecule has 1 aliphatic rings. The van der Waals surface area contributed by atoms with E-state index in [0.717, 1.165) is 11.1 Å². The minimum absolute atomic E-state index is 0.0414. The number of ether oxygens (including phenoxy) is 3. The van der Waals surface area contributed by atoms with Gasteiger partial charge in [0.15, 0.2) is 5.79 Å². The van der Waals surface area contributed by atoms with Crippen LogP contribution in [0.4, 0.5) is 4.79 Å². The number of carbonyl (C=O) groups is 1. The average molecular weight is 417 g/mol. The number of nitrogens with one attached hydrogen (secondary N) is 1. The quantitative estimate of drug-likeness (QED) is 0.537. The molecule has 1 amide bonds. The molecule has 0 spiro atoms. The molecule has 2 aromatic rings. The van der Waals surface area contributed by atoms with Crippen LogP contribution in [0.5, 0.6) is 0 Å². The van der Waals surface area contributed by atoms with E-state index >= 15 is 0 Å². The molecular weight excluding hydrogens is 390 g/mol. The molecule has 0 radical (unpaired) electrons. The number of alkyl carbamates (subject to hydrolysis) is 1. The molecule has 1 saturated heterocycles. The number of rotatable bonds is 7. The van der Waals surface area contributed by atoms with Gasteiger partial charge in [0, 0.05) is 0 Å². The van der Waals surface area contributed by atoms with Gasteiger partial charge in [-0.25, -0.2) is 4.79 Å². The third kappa shape index (κ3) is 5.56. The highest BCUT2D eigenvalue weighted by Crippen LogP contribution is 2.30. The first kappa shape index (κ1) is 22.2. The number of aliphatic hydroxyl groups excluding tert-OH is 2. The van der Waals surface area contributed by atoms with E-state index in [1.165, 1.54) is 6.92 Å². The molecule has 1 fully saturated rings. The topological polar surface area (TPSA) is 117 Å². The highest BCUT2D eigenvalue weighted by molar-refractivity contribution is 5.68. The van der Waals surface area contributed by atoms with Crippen molar-refractivity contribution in [2.75, 3.05) is 6.61 Å². The second kappa shape index (κ2) is 10.0. The second-order valence-electron chi connectivity index (χ2n) is 7.33. The Morgan fingerprint density at radius 3 is 2.20 bits per heavy atom. The summed E-state index contributed by atoms with van der Waals surface area (Å²) >= 11 is 0. The third-order valence-corrected chi connectivity index (χ3v) is 4.96. The van der Waals surface area contributed by atoms with Gasteiger partial charge in [-0.05, 0) is 18.1 Å². The summed E-state index contributed by atoms with van der Waals surface area (Å²) in [5.74, 6) is -1.90. The van der Waals surface area contributed by atoms with Gasteiger partial charge in [-0.2, -0.15) is 0 Å². The molecule has 5 atom stereocenters. The summed E-state index contributed by atoms with van der Waals surface area (Å²) in [4.78, 5) is 12.4. The van der Waals surface area contributed by atoms with Crippen molar-refractivity contribution in [1.82, 2.24) is 5.32 Å². The van der Waals surface area contributed by atoms with E-state index in [-0.39, 0.29) is 13.2 Å². The van der Waals surface area contributed by atoms with Crippen molar-refractivity contribution >= 4 is 6.09 Å². The van der Waals surface area contributed by atoms with Crippen LogP contribution in [0.3, 0.4) is 0 Å². The fraction of sp³-hybridized carbons (Fsp3) is 0.409. The monoisotopic (exact) mass is 417 g/mol. The Labute approximate surface area is 175 Å². The zero-order valence-corrected chi connectivity index (χ0v) is 16.7. The molecule has 2 aromatic carbocycles. The van der Waals surface area contributed by atoms with Gasteiger partial charge in [0.25, 0.3) is 0 Å². The number of hydrogen-bond donors (Lipinski definition) is 4. The van der Waals surface area contributed by atoms with E-state index in [2.05, 4.69) is 5.32 Å². The Morgan fingerprint density at radius 1 is 1.07 bits per heavy atom. The van der Waals surface area contributed by atoms with E-state index in [1.54, 1.807) is 0 Å². The van der Waals surface area contributed by atoms with E-state index in [9.17, 15) is 20.1 Å². The van der Waals surface area contributed by atoms with E-state index < -0.39 is 42.8 Å². The van der Waals surface area contributed by atoms with Crippen molar-refractivity contribution in [2.45, 2.75) is 50.3 Å². The van der Waals surface area contributed by atoms with Gasteiger partial charge in [0.1, 0.15) is 31.0 Å². The molecule has 0 aromatic heterocycles. The van der Waals surface area contributed by atoms with Crippen LogP contribution < -0.4 is 5.32 Å². The van der Waals surface area contributed by atoms with E-state index in [1.807, 2.05) is 60.7 Å². The fourth-order valence-corrected chi connectivity index (χ4v) is 3.38. The Balaban J connectivity index is 1.70. The van der Waals surface area contributed by atoms with Crippen LogP contribution in [0.25, 0.3) is 0 Å². The van der Waals surface area contributed by atoms with Crippen molar-refractivity contribution in [3.8, 4) is 0 Å². The Morgan fingerprint density at radius 2 is 1.63 bits per heavy atom. The summed E-state index contributed by atoms with van der Waals surface area (Å²) in [6.45, 7) is 0.990. The predicted molar refractivity (Wildman–Crippen MR) is 107 cm³/mol. The van der Waals surface area contributed by atoms with Crippen molar-refractivity contribution in [3.05, 3.63) is 71.8 Å². The SMILES string of the molecule is C[C@]1(O)O[C@H](CO)[C@@H](O)[C@H](OCc2ccccc2)[C@H]1NC(=O)OCc1ccccc1. The molecule has 0 aliphatic carbocycles. The summed E-state index contributed by atoms with van der Waals surface area (Å²) in [7, 11) is 0. The van der Waals surface area contributed by atoms with Gasteiger partial charge in [0.05, 0.1) is 13.2 Å². The van der Waals surface area contributed by atoms with Crippen molar-refractivity contribution in [3.63, 3.8) is 0 Å². The minimum atomic E-state index is -1.90. The average Bonchev–Trinajstić information content (AvgIpc) is 2.76. The maximum Gasteiger partial charge on any atom is 0.407 e. The van der Waals surface area contributed by atoms with Crippen LogP contribution in [-0.4, -0.2) is 58.2 Å². The molecule has 4 N–H and O–H groups in total. The predicted octanol–water partition coefficient (Wildman–Crippen LogP) is 1.33. The van der Waals surface area contributed by atoms with Crippen molar-refractivity contribution in [1.29, 1.82) is 0 Å². The van der Waals surface area contributed by atoms with E-state index in [0.29, 0.717) is 0 Å². The number of hydrogen-bond acceptors (Lipinski definition) is 7. The second-order valence-corrected chi connectivity index (χ2v) is 7.33. The van der Waals surface area contributed by atoms with Crippen LogP contribution in [0.15, 0.2) is 60.7 Å². The highest BCUT2D eigenvalue weighted by atomic mass is 16.7. The first-order valence-electron chi connectivity index (χ1n) is 9.72. The van der Waals surface area contributed by atoms with E-state index in [4.69, 9.17) is 14.2 Å². The lowest BCUT2D eigenvalue weighted by atomic mass is 9.91. The number of carbonyl (C=O) groups excluding carboxylic acids is 1. The normalized spacial score (nSPS) is 28.7. The molecule has 3 rings (SSSR count). The fourth-order valence-electron chi connectivity index (χ4n) is 3.38. The van der Waals surface area contributed by atoms with Crippen LogP contribution in [0.1, 0.15) is 18.1 Å². The van der Waals surface area contributed by atoms with Gasteiger partial charge < -0.3 is 34.8 Å². The lowest BCUT2D eigenvalue weighted by Crippen LogP contribution is -2.69. The standard InChI is InChI=1S/C22H27NO7/c1-22(27)20(23-21(26)29-14-16-10-6-3-7-11-16)19(18(25)17(12-24)30-22)28-13-15-8-4-2-5-9-15/h2-11,17-20,24-25,27H,12-14H2,1H3,(H,23,26)/t17-,18-,19+,20-,22+/m1/s1. The number of aliphatic hydroxyl groups is 3. The summed E-state index contributed by atoms with van der Waals surface area (Å²) in [5.41, 5.74) is 1.65. The molecule has 0 saturated carbocycles. The molecule has 1 aliphatic heterocycles. The van der Waals surface area contributed by atoms with Crippen LogP contribution >= 0.6 is 0 Å². The molecule has 0 unspecified atom stereocenters. The molecule has 30 heavy (non-hydrogen) atoms. The maximum atomic E-state index is 12.4. The van der Waals surface area contributed by atoms with Crippen LogP contribution in [-0.2, 0) is 27.4 Å². The first-order chi connectivity index (χ1) is 14.4. The zero-order valence-electron chi connectivity index (χ0n) is 16.7. The van der Waals surface area contributed by atoms with Gasteiger partial charge >= 0.3 is 6.09 Å². The molecule has 1 heterocycles. The van der Waals surface area contributed by atoms with Crippen LogP contribution in [0.2, 0.25) is 0 Å². The van der Waals surface area contributed by atoms with Crippen molar-refractivity contribution in [2.24, 2.45) is 0 Å². The largest absolute Gasteiger partial charge is 0.445 e. The molecule has 0 bridgehead atoms. The van der Waals surface area contributed by atoms with Gasteiger partial charge in [0.2, 0.25) is 0 Å². The molecular formula is C22H27NO7. The highest BCUT2D eigenvalue weighted by Gasteiger charge is 2.52.